The summed E-state index contributed by atoms with van der Waals surface area (Å²) in [6, 6.07) is 7.41. The average Bonchev–Trinajstić information content (AvgIpc) is 2.13. The average molecular weight is 236 g/mol. The first-order chi connectivity index (χ1) is 6.33. The van der Waals surface area contributed by atoms with Gasteiger partial charge in [0.2, 0.25) is 0 Å². The molecule has 80 valence electrons. The summed E-state index contributed by atoms with van der Waals surface area (Å²) in [5, 5.41) is 0.705. The fourth-order valence-electron chi connectivity index (χ4n) is 0.993. The number of rotatable bonds is 5. The summed E-state index contributed by atoms with van der Waals surface area (Å²) >= 11 is 5.78. The molecule has 14 heavy (non-hydrogen) atoms. The van der Waals surface area contributed by atoms with E-state index in [0.29, 0.717) is 11.6 Å². The standard InChI is InChI=1S/C10H14ClNO.ClH/c11-9-4-3-5-10(8-9)13-7-2-1-6-12;/h3-5,8H,1-2,6-7,12H2;1H. The Kier molecular flexibility index (Phi) is 7.67. The lowest BCUT2D eigenvalue weighted by Gasteiger charge is -2.05. The Labute approximate surface area is 95.8 Å². The van der Waals surface area contributed by atoms with Crippen LogP contribution in [0.15, 0.2) is 24.3 Å². The summed E-state index contributed by atoms with van der Waals surface area (Å²) < 4.78 is 5.45. The highest BCUT2D eigenvalue weighted by Crippen LogP contribution is 2.17. The van der Waals surface area contributed by atoms with E-state index in [1.165, 1.54) is 0 Å². The highest BCUT2D eigenvalue weighted by Gasteiger charge is 1.93. The second-order valence-electron chi connectivity index (χ2n) is 2.80. The van der Waals surface area contributed by atoms with Crippen molar-refractivity contribution in [2.75, 3.05) is 13.2 Å². The SMILES string of the molecule is Cl.NCCCCOc1cccc(Cl)c1. The molecule has 2 N–H and O–H groups in total. The van der Waals surface area contributed by atoms with Crippen LogP contribution in [0.1, 0.15) is 12.8 Å². The first-order valence-corrected chi connectivity index (χ1v) is 4.79. The second kappa shape index (κ2) is 7.92. The molecule has 0 fully saturated rings. The van der Waals surface area contributed by atoms with Crippen LogP contribution in [0.4, 0.5) is 0 Å². The highest BCUT2D eigenvalue weighted by molar-refractivity contribution is 6.30. The first-order valence-electron chi connectivity index (χ1n) is 4.41. The van der Waals surface area contributed by atoms with E-state index in [0.717, 1.165) is 25.1 Å². The van der Waals surface area contributed by atoms with Gasteiger partial charge in [-0.15, -0.1) is 12.4 Å². The summed E-state index contributed by atoms with van der Waals surface area (Å²) in [4.78, 5) is 0. The molecule has 0 heterocycles. The van der Waals surface area contributed by atoms with Crippen molar-refractivity contribution < 1.29 is 4.74 Å². The van der Waals surface area contributed by atoms with E-state index in [-0.39, 0.29) is 12.4 Å². The number of hydrogen-bond donors (Lipinski definition) is 1. The molecule has 1 aromatic carbocycles. The summed E-state index contributed by atoms with van der Waals surface area (Å²) in [5.74, 6) is 0.824. The Balaban J connectivity index is 0.00000169. The minimum Gasteiger partial charge on any atom is -0.494 e. The Morgan fingerprint density at radius 3 is 2.71 bits per heavy atom. The Morgan fingerprint density at radius 2 is 2.07 bits per heavy atom. The largest absolute Gasteiger partial charge is 0.494 e. The van der Waals surface area contributed by atoms with Gasteiger partial charge < -0.3 is 10.5 Å². The third kappa shape index (κ3) is 5.32. The maximum Gasteiger partial charge on any atom is 0.120 e. The topological polar surface area (TPSA) is 35.2 Å². The molecule has 0 spiro atoms. The molecule has 4 heteroatoms. The van der Waals surface area contributed by atoms with Crippen LogP contribution in [0.3, 0.4) is 0 Å². The zero-order valence-electron chi connectivity index (χ0n) is 7.91. The van der Waals surface area contributed by atoms with Crippen LogP contribution in [0.2, 0.25) is 5.02 Å². The fraction of sp³-hybridized carbons (Fsp3) is 0.400. The van der Waals surface area contributed by atoms with Gasteiger partial charge in [-0.2, -0.15) is 0 Å². The van der Waals surface area contributed by atoms with Gasteiger partial charge in [0.05, 0.1) is 6.61 Å². The van der Waals surface area contributed by atoms with Gasteiger partial charge in [0.25, 0.3) is 0 Å². The zero-order chi connectivity index (χ0) is 9.52. The number of halogens is 2. The normalized spacial score (nSPS) is 9.29. The van der Waals surface area contributed by atoms with Crippen molar-refractivity contribution >= 4 is 24.0 Å². The molecule has 0 saturated heterocycles. The monoisotopic (exact) mass is 235 g/mol. The van der Waals surface area contributed by atoms with Crippen molar-refractivity contribution in [1.82, 2.24) is 0 Å². The van der Waals surface area contributed by atoms with Crippen molar-refractivity contribution in [2.24, 2.45) is 5.73 Å². The smallest absolute Gasteiger partial charge is 0.120 e. The molecule has 0 saturated carbocycles. The lowest BCUT2D eigenvalue weighted by molar-refractivity contribution is 0.308. The first kappa shape index (κ1) is 13.6. The van der Waals surface area contributed by atoms with Crippen LogP contribution >= 0.6 is 24.0 Å². The van der Waals surface area contributed by atoms with Crippen LogP contribution in [-0.4, -0.2) is 13.2 Å². The second-order valence-corrected chi connectivity index (χ2v) is 3.24. The molecule has 1 aromatic rings. The predicted molar refractivity (Wildman–Crippen MR) is 62.5 cm³/mol. The van der Waals surface area contributed by atoms with Gasteiger partial charge in [0, 0.05) is 5.02 Å². The molecule has 0 aromatic heterocycles. The van der Waals surface area contributed by atoms with Crippen molar-refractivity contribution in [1.29, 1.82) is 0 Å². The third-order valence-corrected chi connectivity index (χ3v) is 1.90. The summed E-state index contributed by atoms with van der Waals surface area (Å²) in [7, 11) is 0. The molecular weight excluding hydrogens is 221 g/mol. The fourth-order valence-corrected chi connectivity index (χ4v) is 1.17. The van der Waals surface area contributed by atoms with Gasteiger partial charge in [0.1, 0.15) is 5.75 Å². The van der Waals surface area contributed by atoms with Crippen molar-refractivity contribution in [3.63, 3.8) is 0 Å². The maximum absolute atomic E-state index is 5.78. The number of ether oxygens (including phenoxy) is 1. The summed E-state index contributed by atoms with van der Waals surface area (Å²) in [5.41, 5.74) is 5.36. The van der Waals surface area contributed by atoms with Gasteiger partial charge in [-0.25, -0.2) is 0 Å². The van der Waals surface area contributed by atoms with E-state index in [1.54, 1.807) is 0 Å². The predicted octanol–water partition coefficient (Wildman–Crippen LogP) is 2.88. The molecule has 0 unspecified atom stereocenters. The van der Waals surface area contributed by atoms with Crippen LogP contribution in [0.5, 0.6) is 5.75 Å². The van der Waals surface area contributed by atoms with Crippen molar-refractivity contribution in [3.8, 4) is 5.75 Å². The van der Waals surface area contributed by atoms with Crippen LogP contribution in [0.25, 0.3) is 0 Å². The van der Waals surface area contributed by atoms with Crippen LogP contribution in [0, 0.1) is 0 Å². The van der Waals surface area contributed by atoms with Crippen LogP contribution < -0.4 is 10.5 Å². The number of benzene rings is 1. The van der Waals surface area contributed by atoms with E-state index in [9.17, 15) is 0 Å². The number of unbranched alkanes of at least 4 members (excludes halogenated alkanes) is 1. The summed E-state index contributed by atoms with van der Waals surface area (Å²) in [6.07, 6.45) is 1.99. The van der Waals surface area contributed by atoms with Crippen molar-refractivity contribution in [2.45, 2.75) is 12.8 Å². The number of hydrogen-bond acceptors (Lipinski definition) is 2. The van der Waals surface area contributed by atoms with Gasteiger partial charge >= 0.3 is 0 Å². The lowest BCUT2D eigenvalue weighted by Crippen LogP contribution is -2.03. The van der Waals surface area contributed by atoms with E-state index < -0.39 is 0 Å². The van der Waals surface area contributed by atoms with E-state index in [2.05, 4.69) is 0 Å². The molecule has 0 aliphatic carbocycles. The molecule has 0 amide bonds. The molecule has 2 nitrogen and oxygen atoms in total. The van der Waals surface area contributed by atoms with Gasteiger partial charge in [-0.1, -0.05) is 17.7 Å². The Morgan fingerprint density at radius 1 is 1.29 bits per heavy atom. The highest BCUT2D eigenvalue weighted by atomic mass is 35.5. The van der Waals surface area contributed by atoms with Gasteiger partial charge in [-0.3, -0.25) is 0 Å². The van der Waals surface area contributed by atoms with Gasteiger partial charge in [-0.05, 0) is 37.6 Å². The maximum atomic E-state index is 5.78. The number of nitrogens with two attached hydrogens (primary N) is 1. The van der Waals surface area contributed by atoms with E-state index in [1.807, 2.05) is 24.3 Å². The molecule has 0 aliphatic heterocycles. The van der Waals surface area contributed by atoms with E-state index >= 15 is 0 Å². The zero-order valence-corrected chi connectivity index (χ0v) is 9.48. The molecule has 0 radical (unpaired) electrons. The minimum atomic E-state index is 0. The molecule has 1 rings (SSSR count). The summed E-state index contributed by atoms with van der Waals surface area (Å²) in [6.45, 7) is 1.43. The van der Waals surface area contributed by atoms with Crippen molar-refractivity contribution in [3.05, 3.63) is 29.3 Å². The molecular formula is C10H15Cl2NO. The minimum absolute atomic E-state index is 0. The third-order valence-electron chi connectivity index (χ3n) is 1.66. The molecule has 0 atom stereocenters. The van der Waals surface area contributed by atoms with Gasteiger partial charge in [0.15, 0.2) is 0 Å². The van der Waals surface area contributed by atoms with E-state index in [4.69, 9.17) is 22.1 Å². The Bertz CT molecular complexity index is 256. The lowest BCUT2D eigenvalue weighted by atomic mass is 10.3. The quantitative estimate of drug-likeness (QED) is 0.798. The van der Waals surface area contributed by atoms with Crippen LogP contribution in [-0.2, 0) is 0 Å². The molecule has 0 aliphatic rings. The molecule has 0 bridgehead atoms. The Hall–Kier alpha value is -0.440.